The van der Waals surface area contributed by atoms with Crippen molar-refractivity contribution in [3.63, 3.8) is 0 Å². The van der Waals surface area contributed by atoms with Crippen LogP contribution in [0.1, 0.15) is 52.1 Å². The molecule has 0 bridgehead atoms. The van der Waals surface area contributed by atoms with E-state index in [0.29, 0.717) is 6.54 Å². The summed E-state index contributed by atoms with van der Waals surface area (Å²) in [6.45, 7) is 6.65. The lowest BCUT2D eigenvalue weighted by atomic mass is 9.87. The van der Waals surface area contributed by atoms with Gasteiger partial charge >= 0.3 is 0 Å². The Morgan fingerprint density at radius 2 is 2.05 bits per heavy atom. The molecule has 0 aliphatic carbocycles. The molecule has 0 aliphatic heterocycles. The zero-order chi connectivity index (χ0) is 15.9. The lowest BCUT2D eigenvalue weighted by molar-refractivity contribution is 0.320. The number of hydrogen-bond acceptors (Lipinski definition) is 4. The van der Waals surface area contributed by atoms with Crippen molar-refractivity contribution in [3.8, 4) is 6.07 Å². The normalized spacial score (nSPS) is 12.1. The molecule has 6 heteroatoms. The summed E-state index contributed by atoms with van der Waals surface area (Å²) in [5.74, 6) is 0. The second kappa shape index (κ2) is 7.53. The Kier molecular flexibility index (Phi) is 6.31. The van der Waals surface area contributed by atoms with E-state index in [1.54, 1.807) is 0 Å². The number of pyridine rings is 1. The predicted molar refractivity (Wildman–Crippen MR) is 82.1 cm³/mol. The maximum Gasteiger partial charge on any atom is 0.242 e. The highest BCUT2D eigenvalue weighted by Gasteiger charge is 2.22. The molecule has 0 fully saturated rings. The fourth-order valence-corrected chi connectivity index (χ4v) is 3.11. The van der Waals surface area contributed by atoms with Crippen molar-refractivity contribution < 1.29 is 8.42 Å². The van der Waals surface area contributed by atoms with Gasteiger partial charge in [0.25, 0.3) is 0 Å². The number of rotatable bonds is 8. The van der Waals surface area contributed by atoms with Crippen molar-refractivity contribution in [1.82, 2.24) is 9.71 Å². The Morgan fingerprint density at radius 1 is 1.33 bits per heavy atom. The van der Waals surface area contributed by atoms with Gasteiger partial charge in [-0.05, 0) is 24.0 Å². The molecule has 0 saturated heterocycles. The molecule has 0 unspecified atom stereocenters. The summed E-state index contributed by atoms with van der Waals surface area (Å²) in [6.07, 6.45) is 5.61. The maximum atomic E-state index is 12.2. The minimum Gasteiger partial charge on any atom is -0.244 e. The highest BCUT2D eigenvalue weighted by atomic mass is 32.2. The Labute approximate surface area is 127 Å². The third-order valence-corrected chi connectivity index (χ3v) is 4.75. The molecule has 1 rings (SSSR count). The summed E-state index contributed by atoms with van der Waals surface area (Å²) >= 11 is 0. The summed E-state index contributed by atoms with van der Waals surface area (Å²) in [6, 6.07) is 4.67. The van der Waals surface area contributed by atoms with Crippen molar-refractivity contribution in [3.05, 3.63) is 24.0 Å². The van der Waals surface area contributed by atoms with Crippen molar-refractivity contribution in [2.45, 2.75) is 51.3 Å². The van der Waals surface area contributed by atoms with Crippen LogP contribution in [0.25, 0.3) is 0 Å². The first-order chi connectivity index (χ1) is 9.80. The number of nitrogens with zero attached hydrogens (tertiary/aromatic N) is 2. The highest BCUT2D eigenvalue weighted by molar-refractivity contribution is 7.89. The SMILES string of the molecule is CCCCCC(C)(C)CNS(=O)(=O)c1ccc(C#N)nc1. The van der Waals surface area contributed by atoms with E-state index in [4.69, 9.17) is 5.26 Å². The van der Waals surface area contributed by atoms with Gasteiger partial charge in [-0.25, -0.2) is 18.1 Å². The van der Waals surface area contributed by atoms with Gasteiger partial charge in [0, 0.05) is 12.7 Å². The van der Waals surface area contributed by atoms with E-state index in [1.165, 1.54) is 18.3 Å². The van der Waals surface area contributed by atoms with Gasteiger partial charge in [0.15, 0.2) is 0 Å². The van der Waals surface area contributed by atoms with Crippen LogP contribution in [0.5, 0.6) is 0 Å². The zero-order valence-electron chi connectivity index (χ0n) is 12.9. The van der Waals surface area contributed by atoms with Crippen molar-refractivity contribution >= 4 is 10.0 Å². The van der Waals surface area contributed by atoms with E-state index in [0.717, 1.165) is 25.7 Å². The van der Waals surface area contributed by atoms with E-state index in [1.807, 2.05) is 6.07 Å². The summed E-state index contributed by atoms with van der Waals surface area (Å²) in [4.78, 5) is 3.88. The molecule has 116 valence electrons. The number of sulfonamides is 1. The first-order valence-corrected chi connectivity index (χ1v) is 8.65. The topological polar surface area (TPSA) is 82.9 Å². The molecule has 0 atom stereocenters. The van der Waals surface area contributed by atoms with E-state index >= 15 is 0 Å². The van der Waals surface area contributed by atoms with Crippen LogP contribution in [-0.2, 0) is 10.0 Å². The molecule has 0 radical (unpaired) electrons. The van der Waals surface area contributed by atoms with Crippen LogP contribution >= 0.6 is 0 Å². The average molecular weight is 309 g/mol. The van der Waals surface area contributed by atoms with Crippen LogP contribution in [0.4, 0.5) is 0 Å². The Morgan fingerprint density at radius 3 is 2.57 bits per heavy atom. The third kappa shape index (κ3) is 5.82. The quantitative estimate of drug-likeness (QED) is 0.748. The molecule has 21 heavy (non-hydrogen) atoms. The monoisotopic (exact) mass is 309 g/mol. The average Bonchev–Trinajstić information content (AvgIpc) is 2.46. The summed E-state index contributed by atoms with van der Waals surface area (Å²) < 4.78 is 27.0. The first kappa shape index (κ1) is 17.6. The Hall–Kier alpha value is -1.45. The molecule has 1 N–H and O–H groups in total. The minimum atomic E-state index is -3.57. The number of nitrogens with one attached hydrogen (secondary N) is 1. The second-order valence-corrected chi connectivity index (χ2v) is 7.70. The number of nitriles is 1. The third-order valence-electron chi connectivity index (χ3n) is 3.36. The molecule has 0 aromatic carbocycles. The molecule has 0 aliphatic rings. The van der Waals surface area contributed by atoms with Gasteiger partial charge in [-0.1, -0.05) is 40.0 Å². The number of aromatic nitrogens is 1. The Bertz CT molecular complexity index is 586. The standard InChI is InChI=1S/C15H23N3O2S/c1-4-5-6-9-15(2,3)12-18-21(19,20)14-8-7-13(10-16)17-11-14/h7-8,11,18H,4-6,9,12H2,1-3H3. The molecule has 1 aromatic heterocycles. The molecule has 0 saturated carbocycles. The van der Waals surface area contributed by atoms with Crippen LogP contribution in [0.2, 0.25) is 0 Å². The van der Waals surface area contributed by atoms with Crippen molar-refractivity contribution in [1.29, 1.82) is 5.26 Å². The van der Waals surface area contributed by atoms with Crippen LogP contribution in [-0.4, -0.2) is 19.9 Å². The van der Waals surface area contributed by atoms with E-state index in [9.17, 15) is 8.42 Å². The van der Waals surface area contributed by atoms with E-state index < -0.39 is 10.0 Å². The lowest BCUT2D eigenvalue weighted by Crippen LogP contribution is -2.34. The molecular formula is C15H23N3O2S. The number of unbranched alkanes of at least 4 members (excludes halogenated alkanes) is 2. The predicted octanol–water partition coefficient (Wildman–Crippen LogP) is 2.84. The van der Waals surface area contributed by atoms with Crippen LogP contribution in [0, 0.1) is 16.7 Å². The minimum absolute atomic E-state index is 0.0811. The van der Waals surface area contributed by atoms with Crippen LogP contribution < -0.4 is 4.72 Å². The van der Waals surface area contributed by atoms with Gasteiger partial charge in [0.05, 0.1) is 0 Å². The van der Waals surface area contributed by atoms with Gasteiger partial charge in [-0.15, -0.1) is 0 Å². The van der Waals surface area contributed by atoms with Crippen LogP contribution in [0.3, 0.4) is 0 Å². The van der Waals surface area contributed by atoms with Gasteiger partial charge in [0.1, 0.15) is 16.7 Å². The highest BCUT2D eigenvalue weighted by Crippen LogP contribution is 2.23. The van der Waals surface area contributed by atoms with Gasteiger partial charge < -0.3 is 0 Å². The molecular weight excluding hydrogens is 286 g/mol. The number of hydrogen-bond donors (Lipinski definition) is 1. The fourth-order valence-electron chi connectivity index (χ4n) is 1.92. The smallest absolute Gasteiger partial charge is 0.242 e. The van der Waals surface area contributed by atoms with Gasteiger partial charge in [-0.2, -0.15) is 5.26 Å². The molecule has 0 spiro atoms. The summed E-state index contributed by atoms with van der Waals surface area (Å²) in [5, 5.41) is 8.67. The Balaban J connectivity index is 2.65. The van der Waals surface area contributed by atoms with E-state index in [-0.39, 0.29) is 16.0 Å². The maximum absolute atomic E-state index is 12.2. The fraction of sp³-hybridized carbons (Fsp3) is 0.600. The lowest BCUT2D eigenvalue weighted by Gasteiger charge is -2.24. The summed E-state index contributed by atoms with van der Waals surface area (Å²) in [7, 11) is -3.57. The first-order valence-electron chi connectivity index (χ1n) is 7.16. The van der Waals surface area contributed by atoms with Gasteiger partial charge in [-0.3, -0.25) is 0 Å². The van der Waals surface area contributed by atoms with Gasteiger partial charge in [0.2, 0.25) is 10.0 Å². The van der Waals surface area contributed by atoms with Crippen LogP contribution in [0.15, 0.2) is 23.2 Å². The van der Waals surface area contributed by atoms with E-state index in [2.05, 4.69) is 30.5 Å². The summed E-state index contributed by atoms with van der Waals surface area (Å²) in [5.41, 5.74) is 0.122. The second-order valence-electron chi connectivity index (χ2n) is 5.94. The molecule has 0 amide bonds. The zero-order valence-corrected chi connectivity index (χ0v) is 13.7. The van der Waals surface area contributed by atoms with Crippen molar-refractivity contribution in [2.75, 3.05) is 6.54 Å². The molecule has 1 aromatic rings. The molecule has 5 nitrogen and oxygen atoms in total. The largest absolute Gasteiger partial charge is 0.244 e. The van der Waals surface area contributed by atoms with Crippen molar-refractivity contribution in [2.24, 2.45) is 5.41 Å². The molecule has 1 heterocycles.